The fourth-order valence-electron chi connectivity index (χ4n) is 1.83. The molecule has 0 aliphatic heterocycles. The van der Waals surface area contributed by atoms with Gasteiger partial charge in [-0.3, -0.25) is 4.79 Å². The van der Waals surface area contributed by atoms with Gasteiger partial charge in [-0.05, 0) is 12.8 Å². The third kappa shape index (κ3) is 4.20. The summed E-state index contributed by atoms with van der Waals surface area (Å²) < 4.78 is 24.7. The van der Waals surface area contributed by atoms with Crippen LogP contribution in [0.5, 0.6) is 0 Å². The molecule has 0 aliphatic carbocycles. The van der Waals surface area contributed by atoms with Crippen LogP contribution in [0, 0.1) is 5.41 Å². The van der Waals surface area contributed by atoms with E-state index in [9.17, 15) is 13.6 Å². The third-order valence-electron chi connectivity index (χ3n) is 3.21. The summed E-state index contributed by atoms with van der Waals surface area (Å²) in [6.07, 6.45) is -1.59. The van der Waals surface area contributed by atoms with Crippen molar-refractivity contribution in [3.8, 4) is 0 Å². The van der Waals surface area contributed by atoms with Crippen LogP contribution >= 0.6 is 0 Å². The molecule has 3 N–H and O–H groups in total. The number of nitrogens with two attached hydrogens (primary N) is 1. The lowest BCUT2D eigenvalue weighted by Crippen LogP contribution is -2.49. The molecule has 6 heteroatoms. The molecule has 0 heterocycles. The van der Waals surface area contributed by atoms with Crippen LogP contribution in [0.25, 0.3) is 0 Å². The Kier molecular flexibility index (Phi) is 7.22. The highest BCUT2D eigenvalue weighted by molar-refractivity contribution is 5.83. The Balaban J connectivity index is 4.89. The van der Waals surface area contributed by atoms with Gasteiger partial charge >= 0.3 is 0 Å². The predicted octanol–water partition coefficient (Wildman–Crippen LogP) is 0.837. The molecule has 0 fully saturated rings. The minimum Gasteiger partial charge on any atom is -0.395 e. The number of alkyl halides is 2. The first-order valence-electron chi connectivity index (χ1n) is 5.85. The lowest BCUT2D eigenvalue weighted by Gasteiger charge is -2.34. The number of amides is 1. The molecule has 102 valence electrons. The molecule has 0 aromatic heterocycles. The van der Waals surface area contributed by atoms with E-state index in [1.54, 1.807) is 0 Å². The van der Waals surface area contributed by atoms with E-state index in [4.69, 9.17) is 10.8 Å². The lowest BCUT2D eigenvalue weighted by atomic mass is 9.81. The van der Waals surface area contributed by atoms with Crippen LogP contribution in [-0.2, 0) is 4.79 Å². The second-order valence-electron chi connectivity index (χ2n) is 4.06. The van der Waals surface area contributed by atoms with Crippen LogP contribution in [0.4, 0.5) is 8.78 Å². The Hall–Kier alpha value is -0.750. The summed E-state index contributed by atoms with van der Waals surface area (Å²) in [5.41, 5.74) is 4.81. The van der Waals surface area contributed by atoms with Gasteiger partial charge < -0.3 is 15.7 Å². The van der Waals surface area contributed by atoms with Gasteiger partial charge in [-0.1, -0.05) is 13.8 Å². The van der Waals surface area contributed by atoms with E-state index in [-0.39, 0.29) is 25.6 Å². The van der Waals surface area contributed by atoms with Crippen LogP contribution in [0.3, 0.4) is 0 Å². The summed E-state index contributed by atoms with van der Waals surface area (Å²) in [4.78, 5) is 13.2. The summed E-state index contributed by atoms with van der Waals surface area (Å²) in [6, 6.07) is 0. The maximum atomic E-state index is 12.4. The lowest BCUT2D eigenvalue weighted by molar-refractivity contribution is -0.144. The minimum atomic E-state index is -2.60. The number of nitrogens with zero attached hydrogens (tertiary/aromatic N) is 1. The zero-order valence-electron chi connectivity index (χ0n) is 10.5. The fraction of sp³-hybridized carbons (Fsp3) is 0.909. The van der Waals surface area contributed by atoms with Crippen molar-refractivity contribution < 1.29 is 18.7 Å². The van der Waals surface area contributed by atoms with Crippen LogP contribution in [0.1, 0.15) is 26.7 Å². The Morgan fingerprint density at radius 3 is 2.24 bits per heavy atom. The van der Waals surface area contributed by atoms with Crippen molar-refractivity contribution in [2.24, 2.45) is 11.1 Å². The molecule has 0 bridgehead atoms. The smallest absolute Gasteiger partial charge is 0.255 e. The zero-order valence-corrected chi connectivity index (χ0v) is 10.5. The molecule has 17 heavy (non-hydrogen) atoms. The van der Waals surface area contributed by atoms with Gasteiger partial charge in [0.2, 0.25) is 5.91 Å². The van der Waals surface area contributed by atoms with E-state index in [2.05, 4.69) is 0 Å². The summed E-state index contributed by atoms with van der Waals surface area (Å²) in [5.74, 6) is -0.389. The van der Waals surface area contributed by atoms with Crippen molar-refractivity contribution in [1.29, 1.82) is 0 Å². The van der Waals surface area contributed by atoms with Crippen molar-refractivity contribution in [2.75, 3.05) is 26.2 Å². The molecule has 0 rings (SSSR count). The molecule has 0 saturated heterocycles. The molecular formula is C11H22F2N2O2. The van der Waals surface area contributed by atoms with Gasteiger partial charge in [0.1, 0.15) is 0 Å². The van der Waals surface area contributed by atoms with Crippen molar-refractivity contribution in [1.82, 2.24) is 4.90 Å². The van der Waals surface area contributed by atoms with E-state index in [1.165, 1.54) is 0 Å². The van der Waals surface area contributed by atoms with Gasteiger partial charge in [-0.25, -0.2) is 8.78 Å². The molecule has 0 atom stereocenters. The maximum Gasteiger partial charge on any atom is 0.255 e. The number of hydrogen-bond acceptors (Lipinski definition) is 3. The normalized spacial score (nSPS) is 11.9. The van der Waals surface area contributed by atoms with Crippen molar-refractivity contribution >= 4 is 5.91 Å². The molecule has 1 amide bonds. The zero-order chi connectivity index (χ0) is 13.5. The van der Waals surface area contributed by atoms with Gasteiger partial charge in [0.25, 0.3) is 6.43 Å². The number of carbonyl (C=O) groups excluding carboxylic acids is 1. The van der Waals surface area contributed by atoms with E-state index in [1.807, 2.05) is 13.8 Å². The Morgan fingerprint density at radius 1 is 1.41 bits per heavy atom. The number of hydrogen-bond donors (Lipinski definition) is 2. The van der Waals surface area contributed by atoms with E-state index in [0.29, 0.717) is 12.8 Å². The largest absolute Gasteiger partial charge is 0.395 e. The SMILES string of the molecule is CCC(CC)(CN)C(=O)N(CCO)CC(F)F. The molecule has 0 aromatic carbocycles. The quantitative estimate of drug-likeness (QED) is 0.672. The van der Waals surface area contributed by atoms with Crippen molar-refractivity contribution in [2.45, 2.75) is 33.1 Å². The van der Waals surface area contributed by atoms with Crippen molar-refractivity contribution in [3.05, 3.63) is 0 Å². The van der Waals surface area contributed by atoms with Crippen molar-refractivity contribution in [3.63, 3.8) is 0 Å². The number of aliphatic hydroxyl groups is 1. The van der Waals surface area contributed by atoms with Gasteiger partial charge in [0.15, 0.2) is 0 Å². The maximum absolute atomic E-state index is 12.4. The second kappa shape index (κ2) is 7.55. The summed E-state index contributed by atoms with van der Waals surface area (Å²) in [6.45, 7) is 2.70. The van der Waals surface area contributed by atoms with Gasteiger partial charge in [-0.15, -0.1) is 0 Å². The molecular weight excluding hydrogens is 230 g/mol. The topological polar surface area (TPSA) is 66.6 Å². The highest BCUT2D eigenvalue weighted by Crippen LogP contribution is 2.27. The number of rotatable bonds is 8. The first-order chi connectivity index (χ1) is 7.97. The first-order valence-corrected chi connectivity index (χ1v) is 5.85. The monoisotopic (exact) mass is 252 g/mol. The fourth-order valence-corrected chi connectivity index (χ4v) is 1.83. The Bertz CT molecular complexity index is 225. The predicted molar refractivity (Wildman–Crippen MR) is 61.7 cm³/mol. The molecule has 0 aliphatic rings. The minimum absolute atomic E-state index is 0.0784. The van der Waals surface area contributed by atoms with Gasteiger partial charge in [-0.2, -0.15) is 0 Å². The second-order valence-corrected chi connectivity index (χ2v) is 4.06. The van der Waals surface area contributed by atoms with Gasteiger partial charge in [0, 0.05) is 13.1 Å². The van der Waals surface area contributed by atoms with E-state index in [0.717, 1.165) is 4.90 Å². The standard InChI is InChI=1S/C11H22F2N2O2/c1-3-11(4-2,8-14)10(17)15(5-6-16)7-9(12)13/h9,16H,3-8,14H2,1-2H3. The molecule has 0 aromatic rings. The van der Waals surface area contributed by atoms with E-state index >= 15 is 0 Å². The van der Waals surface area contributed by atoms with Gasteiger partial charge in [0.05, 0.1) is 18.6 Å². The first kappa shape index (κ1) is 16.2. The molecule has 0 spiro atoms. The van der Waals surface area contributed by atoms with Crippen LogP contribution in [0.15, 0.2) is 0 Å². The molecule has 0 saturated carbocycles. The third-order valence-corrected chi connectivity index (χ3v) is 3.21. The van der Waals surface area contributed by atoms with Crippen LogP contribution < -0.4 is 5.73 Å². The number of halogens is 2. The number of carbonyl (C=O) groups is 1. The molecule has 0 unspecified atom stereocenters. The van der Waals surface area contributed by atoms with Crippen LogP contribution in [-0.4, -0.2) is 48.6 Å². The highest BCUT2D eigenvalue weighted by atomic mass is 19.3. The Labute approximate surface area is 101 Å². The summed E-state index contributed by atoms with van der Waals surface area (Å²) in [5, 5.41) is 8.81. The average molecular weight is 252 g/mol. The van der Waals surface area contributed by atoms with E-state index < -0.39 is 18.4 Å². The Morgan fingerprint density at radius 2 is 1.94 bits per heavy atom. The number of aliphatic hydroxyl groups excluding tert-OH is 1. The summed E-state index contributed by atoms with van der Waals surface area (Å²) >= 11 is 0. The molecule has 4 nitrogen and oxygen atoms in total. The molecule has 0 radical (unpaired) electrons. The summed E-state index contributed by atoms with van der Waals surface area (Å²) in [7, 11) is 0. The average Bonchev–Trinajstić information content (AvgIpc) is 2.30. The highest BCUT2D eigenvalue weighted by Gasteiger charge is 2.37. The van der Waals surface area contributed by atoms with Crippen LogP contribution in [0.2, 0.25) is 0 Å².